The number of nitrogens with zero attached hydrogens (tertiary/aromatic N) is 1. The van der Waals surface area contributed by atoms with Crippen LogP contribution in [0.15, 0.2) is 18.2 Å². The number of hydrogen-bond acceptors (Lipinski definition) is 5. The maximum absolute atomic E-state index is 11.0. The van der Waals surface area contributed by atoms with Crippen LogP contribution in [0, 0.1) is 22.0 Å². The van der Waals surface area contributed by atoms with Crippen LogP contribution in [-0.4, -0.2) is 23.8 Å². The maximum atomic E-state index is 11.0. The van der Waals surface area contributed by atoms with Gasteiger partial charge < -0.3 is 4.74 Å². The van der Waals surface area contributed by atoms with E-state index < -0.39 is 10.9 Å². The van der Waals surface area contributed by atoms with Crippen molar-refractivity contribution in [3.8, 4) is 11.8 Å². The smallest absolute Gasteiger partial charge is 0.384 e. The van der Waals surface area contributed by atoms with E-state index in [1.165, 1.54) is 12.1 Å². The topological polar surface area (TPSA) is 86.5 Å². The van der Waals surface area contributed by atoms with E-state index in [1.807, 2.05) is 0 Å². The molecule has 0 heterocycles. The van der Waals surface area contributed by atoms with Gasteiger partial charge in [-0.05, 0) is 13.0 Å². The molecule has 92 valence electrons. The van der Waals surface area contributed by atoms with Gasteiger partial charge in [-0.25, -0.2) is 4.79 Å². The molecule has 0 aliphatic carbocycles. The number of ether oxygens (including phenoxy) is 1. The number of aldehydes is 1. The van der Waals surface area contributed by atoms with E-state index in [0.29, 0.717) is 6.29 Å². The van der Waals surface area contributed by atoms with E-state index in [0.717, 1.165) is 6.07 Å². The zero-order chi connectivity index (χ0) is 13.5. The predicted octanol–water partition coefficient (Wildman–Crippen LogP) is 1.32. The van der Waals surface area contributed by atoms with Gasteiger partial charge in [0.05, 0.1) is 11.5 Å². The quantitative estimate of drug-likeness (QED) is 0.264. The summed E-state index contributed by atoms with van der Waals surface area (Å²) in [7, 11) is 0. The highest BCUT2D eigenvalue weighted by Crippen LogP contribution is 2.15. The third-order valence-electron chi connectivity index (χ3n) is 1.95. The molecule has 0 fully saturated rings. The SMILES string of the molecule is CCOC(=O)C#Cc1ccc([N+](=O)[O-])cc1C=O. The molecular formula is C12H9NO5. The minimum absolute atomic E-state index is 0.0565. The second kappa shape index (κ2) is 6.15. The summed E-state index contributed by atoms with van der Waals surface area (Å²) in [6.45, 7) is 1.84. The van der Waals surface area contributed by atoms with Crippen LogP contribution in [-0.2, 0) is 9.53 Å². The van der Waals surface area contributed by atoms with Crippen molar-refractivity contribution >= 4 is 17.9 Å². The van der Waals surface area contributed by atoms with Gasteiger partial charge in [-0.2, -0.15) is 0 Å². The van der Waals surface area contributed by atoms with Crippen LogP contribution < -0.4 is 0 Å². The molecule has 0 atom stereocenters. The molecule has 0 N–H and O–H groups in total. The predicted molar refractivity (Wildman–Crippen MR) is 62.0 cm³/mol. The highest BCUT2D eigenvalue weighted by atomic mass is 16.6. The summed E-state index contributed by atoms with van der Waals surface area (Å²) < 4.78 is 4.59. The molecule has 0 bridgehead atoms. The Morgan fingerprint density at radius 1 is 1.56 bits per heavy atom. The first kappa shape index (κ1) is 13.4. The number of nitro groups is 1. The molecule has 0 saturated heterocycles. The minimum Gasteiger partial charge on any atom is -0.456 e. The van der Waals surface area contributed by atoms with Crippen molar-refractivity contribution in [1.82, 2.24) is 0 Å². The fourth-order valence-electron chi connectivity index (χ4n) is 1.16. The summed E-state index contributed by atoms with van der Waals surface area (Å²) in [5, 5.41) is 10.5. The first-order valence-corrected chi connectivity index (χ1v) is 5.01. The van der Waals surface area contributed by atoms with Gasteiger partial charge in [-0.3, -0.25) is 14.9 Å². The Balaban J connectivity index is 3.06. The van der Waals surface area contributed by atoms with Crippen molar-refractivity contribution in [1.29, 1.82) is 0 Å². The van der Waals surface area contributed by atoms with Crippen molar-refractivity contribution in [2.45, 2.75) is 6.92 Å². The standard InChI is InChI=1S/C12H9NO5/c1-2-18-12(15)6-4-9-3-5-11(13(16)17)7-10(9)8-14/h3,5,7-8H,2H2,1H3. The van der Waals surface area contributed by atoms with E-state index in [4.69, 9.17) is 0 Å². The first-order chi connectivity index (χ1) is 8.58. The van der Waals surface area contributed by atoms with Crippen LogP contribution in [0.2, 0.25) is 0 Å². The third-order valence-corrected chi connectivity index (χ3v) is 1.95. The molecule has 1 rings (SSSR count). The number of benzene rings is 1. The largest absolute Gasteiger partial charge is 0.456 e. The average molecular weight is 247 g/mol. The Morgan fingerprint density at radius 2 is 2.28 bits per heavy atom. The first-order valence-electron chi connectivity index (χ1n) is 5.01. The number of nitro benzene ring substituents is 1. The van der Waals surface area contributed by atoms with Crippen LogP contribution in [0.1, 0.15) is 22.8 Å². The molecule has 0 aliphatic heterocycles. The molecule has 18 heavy (non-hydrogen) atoms. The molecule has 1 aromatic rings. The Morgan fingerprint density at radius 3 is 2.83 bits per heavy atom. The Bertz CT molecular complexity index is 553. The van der Waals surface area contributed by atoms with Crippen LogP contribution in [0.5, 0.6) is 0 Å². The van der Waals surface area contributed by atoms with Crippen molar-refractivity contribution in [2.75, 3.05) is 6.61 Å². The number of esters is 1. The fraction of sp³-hybridized carbons (Fsp3) is 0.167. The number of rotatable bonds is 3. The Labute approximate surface area is 103 Å². The van der Waals surface area contributed by atoms with E-state index in [9.17, 15) is 19.7 Å². The number of hydrogen-bond donors (Lipinski definition) is 0. The van der Waals surface area contributed by atoms with Crippen molar-refractivity contribution in [3.05, 3.63) is 39.4 Å². The van der Waals surface area contributed by atoms with Crippen LogP contribution in [0.25, 0.3) is 0 Å². The second-order valence-corrected chi connectivity index (χ2v) is 3.12. The zero-order valence-electron chi connectivity index (χ0n) is 9.50. The van der Waals surface area contributed by atoms with Gasteiger partial charge in [0.2, 0.25) is 0 Å². The molecule has 0 amide bonds. The van der Waals surface area contributed by atoms with E-state index in [-0.39, 0.29) is 23.4 Å². The summed E-state index contributed by atoms with van der Waals surface area (Å²) in [5.74, 6) is 3.90. The van der Waals surface area contributed by atoms with Crippen molar-refractivity contribution in [2.24, 2.45) is 0 Å². The lowest BCUT2D eigenvalue weighted by Crippen LogP contribution is -2.00. The van der Waals surface area contributed by atoms with Crippen molar-refractivity contribution < 1.29 is 19.2 Å². The summed E-state index contributed by atoms with van der Waals surface area (Å²) in [6.07, 6.45) is 0.447. The average Bonchev–Trinajstić information content (AvgIpc) is 2.36. The maximum Gasteiger partial charge on any atom is 0.384 e. The summed E-state index contributed by atoms with van der Waals surface area (Å²) in [6, 6.07) is 3.62. The molecule has 0 aliphatic rings. The van der Waals surface area contributed by atoms with Crippen molar-refractivity contribution in [3.63, 3.8) is 0 Å². The number of non-ortho nitro benzene ring substituents is 1. The summed E-state index contributed by atoms with van der Waals surface area (Å²) >= 11 is 0. The Kier molecular flexibility index (Phi) is 4.58. The highest BCUT2D eigenvalue weighted by Gasteiger charge is 2.09. The van der Waals surface area contributed by atoms with Crippen LogP contribution in [0.3, 0.4) is 0 Å². The molecule has 6 nitrogen and oxygen atoms in total. The number of carbonyl (C=O) groups is 2. The van der Waals surface area contributed by atoms with Gasteiger partial charge in [0.1, 0.15) is 0 Å². The van der Waals surface area contributed by atoms with E-state index >= 15 is 0 Å². The number of carbonyl (C=O) groups excluding carboxylic acids is 2. The molecular weight excluding hydrogens is 238 g/mol. The van der Waals surface area contributed by atoms with Crippen LogP contribution in [0.4, 0.5) is 5.69 Å². The van der Waals surface area contributed by atoms with Gasteiger partial charge in [0, 0.05) is 29.2 Å². The third kappa shape index (κ3) is 3.42. The zero-order valence-corrected chi connectivity index (χ0v) is 9.50. The molecule has 0 unspecified atom stereocenters. The summed E-state index contributed by atoms with van der Waals surface area (Å²) in [4.78, 5) is 31.7. The van der Waals surface area contributed by atoms with E-state index in [1.54, 1.807) is 6.92 Å². The molecule has 0 saturated carbocycles. The molecule has 0 spiro atoms. The normalized spacial score (nSPS) is 8.94. The van der Waals surface area contributed by atoms with Gasteiger partial charge in [-0.15, -0.1) is 0 Å². The van der Waals surface area contributed by atoms with Gasteiger partial charge in [0.25, 0.3) is 5.69 Å². The second-order valence-electron chi connectivity index (χ2n) is 3.12. The van der Waals surface area contributed by atoms with Gasteiger partial charge in [-0.1, -0.05) is 5.92 Å². The highest BCUT2D eigenvalue weighted by molar-refractivity contribution is 5.90. The van der Waals surface area contributed by atoms with Gasteiger partial charge in [0.15, 0.2) is 6.29 Å². The Hall–Kier alpha value is -2.68. The lowest BCUT2D eigenvalue weighted by Gasteiger charge is -1.96. The van der Waals surface area contributed by atoms with Crippen LogP contribution >= 0.6 is 0 Å². The van der Waals surface area contributed by atoms with Gasteiger partial charge >= 0.3 is 5.97 Å². The molecule has 0 radical (unpaired) electrons. The monoisotopic (exact) mass is 247 g/mol. The summed E-state index contributed by atoms with van der Waals surface area (Å²) in [5.41, 5.74) is 0.0865. The lowest BCUT2D eigenvalue weighted by atomic mass is 10.1. The minimum atomic E-state index is -0.715. The van der Waals surface area contributed by atoms with E-state index in [2.05, 4.69) is 16.6 Å². The molecule has 1 aromatic carbocycles. The fourth-order valence-corrected chi connectivity index (χ4v) is 1.16. The lowest BCUT2D eigenvalue weighted by molar-refractivity contribution is -0.384. The molecule has 0 aromatic heterocycles. The molecule has 6 heteroatoms.